The van der Waals surface area contributed by atoms with Gasteiger partial charge in [-0.25, -0.2) is 9.97 Å². The molecule has 2 atom stereocenters. The molecule has 2 heterocycles. The number of piperidine rings is 1. The molecule has 2 fully saturated rings. The first-order valence-electron chi connectivity index (χ1n) is 9.66. The van der Waals surface area contributed by atoms with Crippen molar-refractivity contribution in [1.82, 2.24) is 14.9 Å². The SMILES string of the molecule is CO[C@@H]1CCC[C@@]12CCCN(C(=O)c1cnc(Nc3ccccc3)nc1)C2. The summed E-state index contributed by atoms with van der Waals surface area (Å²) in [5.41, 5.74) is 1.58. The molecule has 142 valence electrons. The van der Waals surface area contributed by atoms with Crippen LogP contribution in [0.5, 0.6) is 0 Å². The number of aromatic nitrogens is 2. The van der Waals surface area contributed by atoms with Crippen LogP contribution in [0.25, 0.3) is 0 Å². The summed E-state index contributed by atoms with van der Waals surface area (Å²) < 4.78 is 5.74. The summed E-state index contributed by atoms with van der Waals surface area (Å²) in [6.45, 7) is 1.56. The zero-order valence-electron chi connectivity index (χ0n) is 15.7. The van der Waals surface area contributed by atoms with Gasteiger partial charge in [0.05, 0.1) is 11.7 Å². The number of hydrogen-bond donors (Lipinski definition) is 1. The average molecular weight is 366 g/mol. The third kappa shape index (κ3) is 3.67. The van der Waals surface area contributed by atoms with E-state index in [0.717, 1.165) is 44.5 Å². The number of ether oxygens (including phenoxy) is 1. The Balaban J connectivity index is 1.44. The second-order valence-corrected chi connectivity index (χ2v) is 7.60. The minimum atomic E-state index is 0.0158. The third-order valence-electron chi connectivity index (χ3n) is 5.93. The van der Waals surface area contributed by atoms with E-state index in [1.807, 2.05) is 35.2 Å². The van der Waals surface area contributed by atoms with Gasteiger partial charge in [-0.3, -0.25) is 4.79 Å². The Kier molecular flexibility index (Phi) is 5.07. The van der Waals surface area contributed by atoms with Gasteiger partial charge in [0.2, 0.25) is 5.95 Å². The van der Waals surface area contributed by atoms with E-state index >= 15 is 0 Å². The molecule has 1 amide bonds. The molecule has 4 rings (SSSR count). The number of rotatable bonds is 4. The van der Waals surface area contributed by atoms with E-state index in [1.54, 1.807) is 19.5 Å². The number of benzene rings is 1. The van der Waals surface area contributed by atoms with Crippen LogP contribution in [0.4, 0.5) is 11.6 Å². The number of hydrogen-bond acceptors (Lipinski definition) is 5. The Bertz CT molecular complexity index is 781. The first kappa shape index (κ1) is 17.9. The molecule has 1 saturated heterocycles. The van der Waals surface area contributed by atoms with Crippen LogP contribution < -0.4 is 5.32 Å². The first-order valence-corrected chi connectivity index (χ1v) is 9.66. The number of nitrogens with zero attached hydrogens (tertiary/aromatic N) is 3. The lowest BCUT2D eigenvalue weighted by Gasteiger charge is -2.43. The van der Waals surface area contributed by atoms with Crippen molar-refractivity contribution in [3.8, 4) is 0 Å². The fraction of sp³-hybridized carbons (Fsp3) is 0.476. The van der Waals surface area contributed by atoms with Crippen molar-refractivity contribution >= 4 is 17.5 Å². The Morgan fingerprint density at radius 3 is 2.67 bits per heavy atom. The van der Waals surface area contributed by atoms with Crippen molar-refractivity contribution in [3.05, 3.63) is 48.3 Å². The third-order valence-corrected chi connectivity index (χ3v) is 5.93. The van der Waals surface area contributed by atoms with E-state index in [4.69, 9.17) is 4.74 Å². The van der Waals surface area contributed by atoms with Crippen LogP contribution in [0, 0.1) is 5.41 Å². The Hall–Kier alpha value is -2.47. The number of amides is 1. The molecule has 0 radical (unpaired) electrons. The zero-order chi connectivity index (χ0) is 18.7. The summed E-state index contributed by atoms with van der Waals surface area (Å²) in [6, 6.07) is 9.75. The molecule has 6 nitrogen and oxygen atoms in total. The molecule has 1 aromatic heterocycles. The predicted molar refractivity (Wildman–Crippen MR) is 104 cm³/mol. The molecule has 0 unspecified atom stereocenters. The van der Waals surface area contributed by atoms with E-state index in [0.29, 0.717) is 11.5 Å². The van der Waals surface area contributed by atoms with Gasteiger partial charge in [0.15, 0.2) is 0 Å². The van der Waals surface area contributed by atoms with Crippen molar-refractivity contribution < 1.29 is 9.53 Å². The number of methoxy groups -OCH3 is 1. The smallest absolute Gasteiger partial charge is 0.257 e. The van der Waals surface area contributed by atoms with Crippen molar-refractivity contribution in [2.45, 2.75) is 38.2 Å². The zero-order valence-corrected chi connectivity index (χ0v) is 15.7. The predicted octanol–water partition coefficient (Wildman–Crippen LogP) is 3.64. The summed E-state index contributed by atoms with van der Waals surface area (Å²) in [4.78, 5) is 23.6. The lowest BCUT2D eigenvalue weighted by atomic mass is 9.76. The van der Waals surface area contributed by atoms with Gasteiger partial charge in [-0.2, -0.15) is 0 Å². The van der Waals surface area contributed by atoms with Crippen LogP contribution in [0.1, 0.15) is 42.5 Å². The van der Waals surface area contributed by atoms with Crippen molar-refractivity contribution in [3.63, 3.8) is 0 Å². The number of para-hydroxylation sites is 1. The highest BCUT2D eigenvalue weighted by Crippen LogP contribution is 2.46. The maximum Gasteiger partial charge on any atom is 0.257 e. The fourth-order valence-corrected chi connectivity index (χ4v) is 4.61. The summed E-state index contributed by atoms with van der Waals surface area (Å²) >= 11 is 0. The van der Waals surface area contributed by atoms with Crippen LogP contribution >= 0.6 is 0 Å². The molecule has 1 saturated carbocycles. The van der Waals surface area contributed by atoms with Crippen molar-refractivity contribution in [2.75, 3.05) is 25.5 Å². The molecular formula is C21H26N4O2. The van der Waals surface area contributed by atoms with E-state index in [1.165, 1.54) is 6.42 Å². The summed E-state index contributed by atoms with van der Waals surface area (Å²) in [7, 11) is 1.80. The van der Waals surface area contributed by atoms with Gasteiger partial charge in [0.1, 0.15) is 0 Å². The molecule has 1 spiro atoms. The first-order chi connectivity index (χ1) is 13.2. The van der Waals surface area contributed by atoms with E-state index in [2.05, 4.69) is 15.3 Å². The Labute approximate surface area is 160 Å². The Morgan fingerprint density at radius 2 is 1.93 bits per heavy atom. The standard InChI is InChI=1S/C21H26N4O2/c1-27-18-9-5-10-21(18)11-6-12-25(15-21)19(26)16-13-22-20(23-14-16)24-17-7-3-2-4-8-17/h2-4,7-8,13-14,18H,5-6,9-12,15H2,1H3,(H,22,23,24)/t18-,21+/m1/s1. The van der Waals surface area contributed by atoms with Gasteiger partial charge < -0.3 is 15.0 Å². The van der Waals surface area contributed by atoms with Gasteiger partial charge in [0, 0.05) is 43.7 Å². The van der Waals surface area contributed by atoms with Crippen molar-refractivity contribution in [1.29, 1.82) is 0 Å². The van der Waals surface area contributed by atoms with Crippen LogP contribution in [0.3, 0.4) is 0 Å². The van der Waals surface area contributed by atoms with Crippen LogP contribution in [-0.2, 0) is 4.74 Å². The number of carbonyl (C=O) groups is 1. The molecule has 1 aliphatic heterocycles. The Morgan fingerprint density at radius 1 is 1.19 bits per heavy atom. The van der Waals surface area contributed by atoms with Crippen LogP contribution in [0.2, 0.25) is 0 Å². The topological polar surface area (TPSA) is 67.3 Å². The molecule has 1 aromatic carbocycles. The monoisotopic (exact) mass is 366 g/mol. The average Bonchev–Trinajstić information content (AvgIpc) is 3.10. The molecule has 2 aliphatic rings. The van der Waals surface area contributed by atoms with Gasteiger partial charge in [-0.05, 0) is 37.8 Å². The number of carbonyl (C=O) groups excluding carboxylic acids is 1. The lowest BCUT2D eigenvalue weighted by molar-refractivity contribution is -0.0295. The second kappa shape index (κ2) is 7.64. The fourth-order valence-electron chi connectivity index (χ4n) is 4.61. The van der Waals surface area contributed by atoms with Gasteiger partial charge in [-0.15, -0.1) is 0 Å². The highest BCUT2D eigenvalue weighted by molar-refractivity contribution is 5.93. The number of nitrogens with one attached hydrogen (secondary N) is 1. The van der Waals surface area contributed by atoms with Crippen LogP contribution in [-0.4, -0.2) is 47.1 Å². The minimum Gasteiger partial charge on any atom is -0.381 e. The summed E-state index contributed by atoms with van der Waals surface area (Å²) in [5.74, 6) is 0.505. The quantitative estimate of drug-likeness (QED) is 0.895. The van der Waals surface area contributed by atoms with Crippen LogP contribution in [0.15, 0.2) is 42.7 Å². The normalized spacial score (nSPS) is 24.9. The maximum atomic E-state index is 13.0. The summed E-state index contributed by atoms with van der Waals surface area (Å²) in [6.07, 6.45) is 9.10. The second-order valence-electron chi connectivity index (χ2n) is 7.60. The van der Waals surface area contributed by atoms with Gasteiger partial charge in [0.25, 0.3) is 5.91 Å². The minimum absolute atomic E-state index is 0.0158. The molecule has 27 heavy (non-hydrogen) atoms. The molecule has 1 N–H and O–H groups in total. The van der Waals surface area contributed by atoms with E-state index in [-0.39, 0.29) is 17.4 Å². The highest BCUT2D eigenvalue weighted by Gasteiger charge is 2.46. The molecular weight excluding hydrogens is 340 g/mol. The van der Waals surface area contributed by atoms with E-state index < -0.39 is 0 Å². The molecule has 6 heteroatoms. The number of likely N-dealkylation sites (tertiary alicyclic amines) is 1. The maximum absolute atomic E-state index is 13.0. The van der Waals surface area contributed by atoms with Gasteiger partial charge in [-0.1, -0.05) is 24.6 Å². The van der Waals surface area contributed by atoms with Crippen molar-refractivity contribution in [2.24, 2.45) is 5.41 Å². The molecule has 2 aromatic rings. The summed E-state index contributed by atoms with van der Waals surface area (Å²) in [5, 5.41) is 3.14. The van der Waals surface area contributed by atoms with Gasteiger partial charge >= 0.3 is 0 Å². The van der Waals surface area contributed by atoms with E-state index in [9.17, 15) is 4.79 Å². The lowest BCUT2D eigenvalue weighted by Crippen LogP contribution is -2.49. The molecule has 0 bridgehead atoms. The number of anilines is 2. The highest BCUT2D eigenvalue weighted by atomic mass is 16.5. The molecule has 1 aliphatic carbocycles. The largest absolute Gasteiger partial charge is 0.381 e.